The van der Waals surface area contributed by atoms with Crippen molar-refractivity contribution in [3.8, 4) is 0 Å². The van der Waals surface area contributed by atoms with Crippen LogP contribution in [0.15, 0.2) is 70.9 Å². The van der Waals surface area contributed by atoms with Crippen molar-refractivity contribution in [2.24, 2.45) is 16.7 Å². The molecule has 3 aliphatic rings. The van der Waals surface area contributed by atoms with Gasteiger partial charge in [0.25, 0.3) is 0 Å². The topological polar surface area (TPSA) is 34.1 Å². The Morgan fingerprint density at radius 2 is 1.44 bits per heavy atom. The Balaban J connectivity index is 1.95. The van der Waals surface area contributed by atoms with E-state index in [1.807, 2.05) is 18.2 Å². The molecule has 0 saturated heterocycles. The van der Waals surface area contributed by atoms with Crippen LogP contribution in [0.2, 0.25) is 0 Å². The first-order chi connectivity index (χ1) is 15.1. The van der Waals surface area contributed by atoms with Gasteiger partial charge in [0.1, 0.15) is 0 Å². The molecule has 2 nitrogen and oxygen atoms in total. The van der Waals surface area contributed by atoms with Crippen molar-refractivity contribution in [1.82, 2.24) is 0 Å². The zero-order chi connectivity index (χ0) is 23.3. The standard InChI is InChI=1S/C30H36O2/c1-7-29(3,4)25-17-23(19-13-9-11-15-21(19)27(25)31)24-18-26(30(5,6)8-2)28(32)22-16-12-10-14-20(22)24/h9-11,13-15,17-18,23-24H,7-8,12,16H2,1-6H3/t23?,24-/m1/s1. The Bertz CT molecular complexity index is 1090. The third-order valence-electron chi connectivity index (χ3n) is 8.20. The summed E-state index contributed by atoms with van der Waals surface area (Å²) in [5.41, 5.74) is 5.52. The summed E-state index contributed by atoms with van der Waals surface area (Å²) in [5.74, 6) is 0.498. The highest BCUT2D eigenvalue weighted by Crippen LogP contribution is 2.49. The fraction of sp³-hybridized carbons (Fsp3) is 0.467. The van der Waals surface area contributed by atoms with E-state index < -0.39 is 0 Å². The molecule has 2 heteroatoms. The van der Waals surface area contributed by atoms with Gasteiger partial charge in [0.15, 0.2) is 11.6 Å². The lowest BCUT2D eigenvalue weighted by molar-refractivity contribution is -0.113. The quantitative estimate of drug-likeness (QED) is 0.485. The molecule has 1 aromatic carbocycles. The second-order valence-electron chi connectivity index (χ2n) is 10.8. The van der Waals surface area contributed by atoms with E-state index in [9.17, 15) is 9.59 Å². The fourth-order valence-corrected chi connectivity index (χ4v) is 5.27. The maximum Gasteiger partial charge on any atom is 0.189 e. The summed E-state index contributed by atoms with van der Waals surface area (Å²) < 4.78 is 0. The summed E-state index contributed by atoms with van der Waals surface area (Å²) >= 11 is 0. The summed E-state index contributed by atoms with van der Waals surface area (Å²) in [6.07, 6.45) is 12.4. The Morgan fingerprint density at radius 1 is 0.844 bits per heavy atom. The van der Waals surface area contributed by atoms with Crippen molar-refractivity contribution < 1.29 is 9.59 Å². The van der Waals surface area contributed by atoms with E-state index >= 15 is 0 Å². The lowest BCUT2D eigenvalue weighted by Gasteiger charge is -2.39. The Kier molecular flexibility index (Phi) is 5.77. The number of rotatable bonds is 5. The number of ketones is 2. The van der Waals surface area contributed by atoms with Gasteiger partial charge < -0.3 is 0 Å². The fourth-order valence-electron chi connectivity index (χ4n) is 5.27. The van der Waals surface area contributed by atoms with Crippen molar-refractivity contribution in [3.05, 3.63) is 82.0 Å². The zero-order valence-electron chi connectivity index (χ0n) is 20.4. The molecule has 0 N–H and O–H groups in total. The average Bonchev–Trinajstić information content (AvgIpc) is 2.80. The monoisotopic (exact) mass is 428 g/mol. The molecule has 3 aliphatic carbocycles. The first-order valence-corrected chi connectivity index (χ1v) is 12.1. The molecular weight excluding hydrogens is 392 g/mol. The van der Waals surface area contributed by atoms with Gasteiger partial charge >= 0.3 is 0 Å². The molecule has 0 aromatic heterocycles. The molecule has 0 saturated carbocycles. The molecule has 2 atom stereocenters. The second kappa shape index (κ2) is 8.14. The van der Waals surface area contributed by atoms with Gasteiger partial charge in [-0.1, -0.05) is 90.1 Å². The Morgan fingerprint density at radius 3 is 2.09 bits per heavy atom. The van der Waals surface area contributed by atoms with E-state index in [-0.39, 0.29) is 34.2 Å². The van der Waals surface area contributed by atoms with Gasteiger partial charge in [-0.2, -0.15) is 0 Å². The SMILES string of the molecule is CCC(C)(C)C1=C[C@@H](C2C=C(C(C)(C)CC)C(=O)c3ccccc32)C2=C(CCC=C2)C1=O. The van der Waals surface area contributed by atoms with Crippen molar-refractivity contribution in [2.75, 3.05) is 0 Å². The molecule has 0 radical (unpaired) electrons. The molecule has 4 rings (SSSR count). The van der Waals surface area contributed by atoms with Gasteiger partial charge in [-0.3, -0.25) is 9.59 Å². The molecule has 0 aliphatic heterocycles. The summed E-state index contributed by atoms with van der Waals surface area (Å²) in [5, 5.41) is 0. The third-order valence-corrected chi connectivity index (χ3v) is 8.20. The van der Waals surface area contributed by atoms with Crippen LogP contribution in [-0.4, -0.2) is 11.6 Å². The number of hydrogen-bond acceptors (Lipinski definition) is 2. The number of allylic oxidation sites excluding steroid dienone is 8. The van der Waals surface area contributed by atoms with E-state index in [1.165, 1.54) is 0 Å². The van der Waals surface area contributed by atoms with Gasteiger partial charge in [-0.25, -0.2) is 0 Å². The van der Waals surface area contributed by atoms with Gasteiger partial charge in [-0.05, 0) is 47.6 Å². The first kappa shape index (κ1) is 22.7. The van der Waals surface area contributed by atoms with E-state index in [0.717, 1.165) is 59.1 Å². The molecule has 1 aromatic rings. The molecule has 0 heterocycles. The predicted molar refractivity (Wildman–Crippen MR) is 132 cm³/mol. The van der Waals surface area contributed by atoms with Crippen molar-refractivity contribution in [2.45, 2.75) is 73.1 Å². The second-order valence-corrected chi connectivity index (χ2v) is 10.8. The summed E-state index contributed by atoms with van der Waals surface area (Å²) in [6.45, 7) is 13.0. The highest BCUT2D eigenvalue weighted by molar-refractivity contribution is 6.13. The normalized spacial score (nSPS) is 23.6. The summed E-state index contributed by atoms with van der Waals surface area (Å²) in [6, 6.07) is 8.08. The van der Waals surface area contributed by atoms with Crippen LogP contribution in [0.5, 0.6) is 0 Å². The van der Waals surface area contributed by atoms with Crippen molar-refractivity contribution in [1.29, 1.82) is 0 Å². The summed E-state index contributed by atoms with van der Waals surface area (Å²) in [7, 11) is 0. The van der Waals surface area contributed by atoms with Crippen LogP contribution in [-0.2, 0) is 4.79 Å². The average molecular weight is 429 g/mol. The minimum Gasteiger partial charge on any atom is -0.289 e. The minimum atomic E-state index is -0.192. The maximum atomic E-state index is 13.5. The molecule has 0 amide bonds. The maximum absolute atomic E-state index is 13.5. The lowest BCUT2D eigenvalue weighted by Crippen LogP contribution is -2.33. The van der Waals surface area contributed by atoms with Crippen LogP contribution < -0.4 is 0 Å². The van der Waals surface area contributed by atoms with Gasteiger partial charge in [0.2, 0.25) is 0 Å². The van der Waals surface area contributed by atoms with Gasteiger partial charge in [-0.15, -0.1) is 0 Å². The van der Waals surface area contributed by atoms with Gasteiger partial charge in [0.05, 0.1) is 0 Å². The number of fused-ring (bicyclic) bond motifs is 1. The Labute approximate surface area is 193 Å². The minimum absolute atomic E-state index is 0.0493. The van der Waals surface area contributed by atoms with E-state index in [0.29, 0.717) is 0 Å². The highest BCUT2D eigenvalue weighted by atomic mass is 16.1. The number of carbonyl (C=O) groups is 2. The summed E-state index contributed by atoms with van der Waals surface area (Å²) in [4.78, 5) is 27.0. The lowest BCUT2D eigenvalue weighted by atomic mass is 9.63. The smallest absolute Gasteiger partial charge is 0.189 e. The van der Waals surface area contributed by atoms with Gasteiger partial charge in [0, 0.05) is 34.1 Å². The molecule has 32 heavy (non-hydrogen) atoms. The van der Waals surface area contributed by atoms with Crippen LogP contribution in [0.1, 0.15) is 89.1 Å². The molecule has 0 bridgehead atoms. The number of hydrogen-bond donors (Lipinski definition) is 0. The Hall–Kier alpha value is -2.48. The van der Waals surface area contributed by atoms with E-state index in [1.54, 1.807) is 0 Å². The molecular formula is C30H36O2. The van der Waals surface area contributed by atoms with E-state index in [4.69, 9.17) is 0 Å². The number of carbonyl (C=O) groups excluding carboxylic acids is 2. The van der Waals surface area contributed by atoms with Crippen molar-refractivity contribution >= 4 is 11.6 Å². The largest absolute Gasteiger partial charge is 0.289 e. The molecule has 0 spiro atoms. The molecule has 1 unspecified atom stereocenters. The first-order valence-electron chi connectivity index (χ1n) is 12.1. The number of benzene rings is 1. The molecule has 0 fully saturated rings. The van der Waals surface area contributed by atoms with Crippen LogP contribution >= 0.6 is 0 Å². The number of Topliss-reactive ketones (excluding diaryl/α,β-unsaturated/α-hetero) is 2. The van der Waals surface area contributed by atoms with Crippen LogP contribution in [0.3, 0.4) is 0 Å². The van der Waals surface area contributed by atoms with Crippen LogP contribution in [0.4, 0.5) is 0 Å². The van der Waals surface area contributed by atoms with Crippen LogP contribution in [0, 0.1) is 16.7 Å². The predicted octanol–water partition coefficient (Wildman–Crippen LogP) is 7.54. The molecule has 168 valence electrons. The van der Waals surface area contributed by atoms with Crippen molar-refractivity contribution in [3.63, 3.8) is 0 Å². The van der Waals surface area contributed by atoms with Crippen LogP contribution in [0.25, 0.3) is 0 Å². The highest BCUT2D eigenvalue weighted by Gasteiger charge is 2.42. The zero-order valence-corrected chi connectivity index (χ0v) is 20.4. The third kappa shape index (κ3) is 3.58. The van der Waals surface area contributed by atoms with E-state index in [2.05, 4.69) is 71.9 Å².